The number of esters is 1. The maximum Gasteiger partial charge on any atom is 0.339 e. The third kappa shape index (κ3) is 4.39. The molecule has 0 spiro atoms. The quantitative estimate of drug-likeness (QED) is 0.571. The number of morpholine rings is 1. The molecule has 168 valence electrons. The molecular formula is C27H26N2O4. The van der Waals surface area contributed by atoms with E-state index in [-0.39, 0.29) is 12.5 Å². The van der Waals surface area contributed by atoms with E-state index in [1.807, 2.05) is 24.3 Å². The summed E-state index contributed by atoms with van der Waals surface area (Å²) in [4.78, 5) is 32.3. The molecule has 6 heteroatoms. The zero-order valence-electron chi connectivity index (χ0n) is 18.7. The molecule has 0 radical (unpaired) electrons. The number of amides is 1. The third-order valence-electron chi connectivity index (χ3n) is 6.25. The number of pyridine rings is 1. The number of rotatable bonds is 4. The van der Waals surface area contributed by atoms with Gasteiger partial charge in [0.25, 0.3) is 5.91 Å². The van der Waals surface area contributed by atoms with Gasteiger partial charge in [-0.15, -0.1) is 0 Å². The van der Waals surface area contributed by atoms with Gasteiger partial charge < -0.3 is 14.4 Å². The van der Waals surface area contributed by atoms with E-state index in [1.54, 1.807) is 4.90 Å². The molecule has 2 aliphatic rings. The van der Waals surface area contributed by atoms with E-state index >= 15 is 0 Å². The minimum atomic E-state index is -0.469. The maximum absolute atomic E-state index is 13.2. The van der Waals surface area contributed by atoms with Crippen molar-refractivity contribution in [1.29, 1.82) is 0 Å². The van der Waals surface area contributed by atoms with Crippen LogP contribution in [0.4, 0.5) is 0 Å². The summed E-state index contributed by atoms with van der Waals surface area (Å²) < 4.78 is 10.8. The first-order chi connectivity index (χ1) is 16.1. The maximum atomic E-state index is 13.2. The van der Waals surface area contributed by atoms with Crippen molar-refractivity contribution < 1.29 is 19.1 Å². The predicted octanol–water partition coefficient (Wildman–Crippen LogP) is 4.05. The van der Waals surface area contributed by atoms with Crippen LogP contribution >= 0.6 is 0 Å². The molecule has 0 atom stereocenters. The standard InChI is InChI=1S/C27H26N2O4/c1-18-6-8-19(9-7-18)16-20-10-11-22-25(21-4-2-3-5-23(21)28-26(20)22)27(31)33-17-24(30)29-12-14-32-15-13-29/h2-9,16H,10-15,17H2,1H3/b20-16+. The Morgan fingerprint density at radius 1 is 1.06 bits per heavy atom. The number of para-hydroxylation sites is 1. The average molecular weight is 443 g/mol. The molecule has 5 rings (SSSR count). The van der Waals surface area contributed by atoms with Crippen molar-refractivity contribution in [3.05, 3.63) is 76.5 Å². The molecule has 1 aliphatic heterocycles. The van der Waals surface area contributed by atoms with Gasteiger partial charge in [0.15, 0.2) is 6.61 Å². The molecule has 2 heterocycles. The van der Waals surface area contributed by atoms with E-state index in [2.05, 4.69) is 37.3 Å². The van der Waals surface area contributed by atoms with Crippen LogP contribution in [-0.4, -0.2) is 54.7 Å². The number of ether oxygens (including phenoxy) is 2. The monoisotopic (exact) mass is 442 g/mol. The first kappa shape index (κ1) is 21.3. The van der Waals surface area contributed by atoms with Crippen molar-refractivity contribution >= 4 is 34.4 Å². The Kier molecular flexibility index (Phi) is 5.92. The number of hydrogen-bond acceptors (Lipinski definition) is 5. The first-order valence-corrected chi connectivity index (χ1v) is 11.3. The van der Waals surface area contributed by atoms with Crippen LogP contribution in [0.15, 0.2) is 48.5 Å². The molecule has 1 amide bonds. The smallest absolute Gasteiger partial charge is 0.339 e. The Hall–Kier alpha value is -3.51. The molecular weight excluding hydrogens is 416 g/mol. The summed E-state index contributed by atoms with van der Waals surface area (Å²) in [6, 6.07) is 16.0. The Balaban J connectivity index is 1.46. The van der Waals surface area contributed by atoms with Gasteiger partial charge in [-0.3, -0.25) is 4.79 Å². The number of benzene rings is 2. The molecule has 33 heavy (non-hydrogen) atoms. The zero-order chi connectivity index (χ0) is 22.8. The lowest BCUT2D eigenvalue weighted by atomic mass is 10.0. The molecule has 3 aromatic rings. The number of allylic oxidation sites excluding steroid dienone is 1. The fraction of sp³-hybridized carbons (Fsp3) is 0.296. The third-order valence-corrected chi connectivity index (χ3v) is 6.25. The lowest BCUT2D eigenvalue weighted by molar-refractivity contribution is -0.138. The predicted molar refractivity (Wildman–Crippen MR) is 127 cm³/mol. The van der Waals surface area contributed by atoms with Gasteiger partial charge in [-0.2, -0.15) is 0 Å². The molecule has 0 bridgehead atoms. The van der Waals surface area contributed by atoms with Crippen molar-refractivity contribution in [2.24, 2.45) is 0 Å². The van der Waals surface area contributed by atoms with Crippen molar-refractivity contribution in [2.45, 2.75) is 19.8 Å². The molecule has 6 nitrogen and oxygen atoms in total. The van der Waals surface area contributed by atoms with E-state index in [0.717, 1.165) is 39.7 Å². The molecule has 1 aliphatic carbocycles. The number of carbonyl (C=O) groups is 2. The van der Waals surface area contributed by atoms with Gasteiger partial charge in [0, 0.05) is 18.5 Å². The van der Waals surface area contributed by atoms with Gasteiger partial charge in [-0.05, 0) is 48.6 Å². The van der Waals surface area contributed by atoms with Crippen LogP contribution in [0.1, 0.15) is 39.2 Å². The fourth-order valence-electron chi connectivity index (χ4n) is 4.48. The summed E-state index contributed by atoms with van der Waals surface area (Å²) in [5.74, 6) is -0.662. The van der Waals surface area contributed by atoms with Gasteiger partial charge >= 0.3 is 5.97 Å². The van der Waals surface area contributed by atoms with Gasteiger partial charge in [-0.25, -0.2) is 9.78 Å². The topological polar surface area (TPSA) is 68.7 Å². The second-order valence-corrected chi connectivity index (χ2v) is 8.48. The molecule has 1 fully saturated rings. The molecule has 0 unspecified atom stereocenters. The minimum absolute atomic E-state index is 0.193. The Morgan fingerprint density at radius 3 is 2.61 bits per heavy atom. The highest BCUT2D eigenvalue weighted by Gasteiger charge is 2.28. The van der Waals surface area contributed by atoms with Gasteiger partial charge in [-0.1, -0.05) is 48.0 Å². The highest BCUT2D eigenvalue weighted by atomic mass is 16.5. The van der Waals surface area contributed by atoms with E-state index in [9.17, 15) is 9.59 Å². The number of fused-ring (bicyclic) bond motifs is 2. The van der Waals surface area contributed by atoms with Gasteiger partial charge in [0.05, 0.1) is 30.0 Å². The van der Waals surface area contributed by atoms with Crippen LogP contribution in [0.2, 0.25) is 0 Å². The number of nitrogens with zero attached hydrogens (tertiary/aromatic N) is 2. The Morgan fingerprint density at radius 2 is 1.82 bits per heavy atom. The minimum Gasteiger partial charge on any atom is -0.452 e. The highest BCUT2D eigenvalue weighted by molar-refractivity contribution is 6.07. The lowest BCUT2D eigenvalue weighted by Gasteiger charge is -2.26. The summed E-state index contributed by atoms with van der Waals surface area (Å²) in [6.07, 6.45) is 3.66. The van der Waals surface area contributed by atoms with Crippen molar-refractivity contribution in [1.82, 2.24) is 9.88 Å². The van der Waals surface area contributed by atoms with Crippen LogP contribution in [0.25, 0.3) is 22.6 Å². The van der Waals surface area contributed by atoms with E-state index in [1.165, 1.54) is 5.56 Å². The second-order valence-electron chi connectivity index (χ2n) is 8.48. The number of aromatic nitrogens is 1. The largest absolute Gasteiger partial charge is 0.452 e. The summed E-state index contributed by atoms with van der Waals surface area (Å²) in [5, 5.41) is 0.761. The SMILES string of the molecule is Cc1ccc(/C=C2\CCc3c2nc2ccccc2c3C(=O)OCC(=O)N2CCOCC2)cc1. The van der Waals surface area contributed by atoms with Crippen LogP contribution < -0.4 is 0 Å². The highest BCUT2D eigenvalue weighted by Crippen LogP contribution is 2.37. The molecule has 1 aromatic heterocycles. The fourth-order valence-corrected chi connectivity index (χ4v) is 4.48. The van der Waals surface area contributed by atoms with E-state index < -0.39 is 5.97 Å². The summed E-state index contributed by atoms with van der Waals surface area (Å²) in [7, 11) is 0. The van der Waals surface area contributed by atoms with Crippen molar-refractivity contribution in [2.75, 3.05) is 32.9 Å². The van der Waals surface area contributed by atoms with Gasteiger partial charge in [0.1, 0.15) is 0 Å². The second kappa shape index (κ2) is 9.16. The van der Waals surface area contributed by atoms with E-state index in [0.29, 0.717) is 38.3 Å². The van der Waals surface area contributed by atoms with Crippen molar-refractivity contribution in [3.8, 4) is 0 Å². The molecule has 0 N–H and O–H groups in total. The van der Waals surface area contributed by atoms with Crippen LogP contribution in [0.3, 0.4) is 0 Å². The Bertz CT molecular complexity index is 1240. The van der Waals surface area contributed by atoms with E-state index in [4.69, 9.17) is 14.5 Å². The lowest BCUT2D eigenvalue weighted by Crippen LogP contribution is -2.42. The van der Waals surface area contributed by atoms with Gasteiger partial charge in [0.2, 0.25) is 0 Å². The first-order valence-electron chi connectivity index (χ1n) is 11.3. The average Bonchev–Trinajstić information content (AvgIpc) is 3.24. The number of hydrogen-bond donors (Lipinski definition) is 0. The molecule has 2 aromatic carbocycles. The Labute approximate surface area is 192 Å². The summed E-state index contributed by atoms with van der Waals surface area (Å²) in [6.45, 7) is 3.87. The molecule has 1 saturated heterocycles. The van der Waals surface area contributed by atoms with Crippen LogP contribution in [0, 0.1) is 6.92 Å². The van der Waals surface area contributed by atoms with Crippen molar-refractivity contribution in [3.63, 3.8) is 0 Å². The summed E-state index contributed by atoms with van der Waals surface area (Å²) >= 11 is 0. The molecule has 0 saturated carbocycles. The zero-order valence-corrected chi connectivity index (χ0v) is 18.7. The number of aryl methyl sites for hydroxylation is 1. The van der Waals surface area contributed by atoms with Crippen LogP contribution in [0.5, 0.6) is 0 Å². The summed E-state index contributed by atoms with van der Waals surface area (Å²) in [5.41, 5.74) is 6.45. The normalized spacial score (nSPS) is 16.8. The number of carbonyl (C=O) groups excluding carboxylic acids is 2. The van der Waals surface area contributed by atoms with Crippen LogP contribution in [-0.2, 0) is 20.7 Å².